The highest BCUT2D eigenvalue weighted by atomic mass is 35.5. The fraction of sp³-hybridized carbons (Fsp3) is 0.429. The van der Waals surface area contributed by atoms with Crippen LogP contribution in [0.5, 0.6) is 5.75 Å². The van der Waals surface area contributed by atoms with Gasteiger partial charge < -0.3 is 9.47 Å². The Morgan fingerprint density at radius 3 is 3.11 bits per heavy atom. The molecule has 0 spiro atoms. The Balaban J connectivity index is 2.06. The molecule has 2 nitrogen and oxygen atoms in total. The van der Waals surface area contributed by atoms with Crippen LogP contribution in [0.2, 0.25) is 0 Å². The van der Waals surface area contributed by atoms with E-state index in [4.69, 9.17) is 21.1 Å². The van der Waals surface area contributed by atoms with Crippen molar-refractivity contribution in [3.8, 4) is 17.6 Å². The van der Waals surface area contributed by atoms with Gasteiger partial charge in [-0.25, -0.2) is 4.39 Å². The van der Waals surface area contributed by atoms with Crippen LogP contribution in [0.3, 0.4) is 0 Å². The first-order valence-corrected chi connectivity index (χ1v) is 6.38. The first-order chi connectivity index (χ1) is 8.79. The van der Waals surface area contributed by atoms with Crippen LogP contribution in [0.25, 0.3) is 0 Å². The van der Waals surface area contributed by atoms with Gasteiger partial charge in [0, 0.05) is 18.6 Å². The molecule has 1 aliphatic heterocycles. The molecule has 4 heteroatoms. The minimum absolute atomic E-state index is 0.243. The average molecular weight is 269 g/mol. The van der Waals surface area contributed by atoms with Crippen LogP contribution >= 0.6 is 11.6 Å². The third kappa shape index (κ3) is 3.63. The molecule has 0 N–H and O–H groups in total. The van der Waals surface area contributed by atoms with Crippen LogP contribution < -0.4 is 4.74 Å². The number of hydrogen-bond donors (Lipinski definition) is 0. The molecular formula is C14H14ClFO2. The first kappa shape index (κ1) is 13.2. The Morgan fingerprint density at radius 1 is 1.50 bits per heavy atom. The third-order valence-corrected chi connectivity index (χ3v) is 2.87. The lowest BCUT2D eigenvalue weighted by atomic mass is 10.1. The number of ether oxygens (including phenoxy) is 2. The molecule has 0 radical (unpaired) electrons. The van der Waals surface area contributed by atoms with Gasteiger partial charge in [-0.1, -0.05) is 11.8 Å². The second-order valence-corrected chi connectivity index (χ2v) is 4.38. The van der Waals surface area contributed by atoms with Crippen LogP contribution in [-0.2, 0) is 4.74 Å². The van der Waals surface area contributed by atoms with Crippen molar-refractivity contribution in [3.63, 3.8) is 0 Å². The van der Waals surface area contributed by atoms with E-state index in [0.717, 1.165) is 13.0 Å². The van der Waals surface area contributed by atoms with E-state index in [1.54, 1.807) is 6.07 Å². The van der Waals surface area contributed by atoms with Crippen molar-refractivity contribution in [2.45, 2.75) is 6.42 Å². The molecule has 1 fully saturated rings. The molecule has 0 bridgehead atoms. The molecule has 96 valence electrons. The standard InChI is InChI=1S/C14H14ClFO2/c15-6-1-2-12-3-4-13(16)8-14(12)18-10-11-5-7-17-9-11/h3-4,8,11H,5-7,9-10H2. The first-order valence-electron chi connectivity index (χ1n) is 5.84. The summed E-state index contributed by atoms with van der Waals surface area (Å²) in [4.78, 5) is 0. The van der Waals surface area contributed by atoms with Crippen molar-refractivity contribution in [1.29, 1.82) is 0 Å². The Hall–Kier alpha value is -1.24. The van der Waals surface area contributed by atoms with Crippen molar-refractivity contribution >= 4 is 11.6 Å². The minimum atomic E-state index is -0.330. The van der Waals surface area contributed by atoms with E-state index in [-0.39, 0.29) is 11.7 Å². The Morgan fingerprint density at radius 2 is 2.39 bits per heavy atom. The zero-order valence-corrected chi connectivity index (χ0v) is 10.7. The van der Waals surface area contributed by atoms with Gasteiger partial charge in [-0.15, -0.1) is 11.6 Å². The van der Waals surface area contributed by atoms with E-state index in [0.29, 0.717) is 30.4 Å². The summed E-state index contributed by atoms with van der Waals surface area (Å²) in [6, 6.07) is 4.33. The number of rotatable bonds is 3. The quantitative estimate of drug-likeness (QED) is 0.620. The fourth-order valence-electron chi connectivity index (χ4n) is 1.77. The van der Waals surface area contributed by atoms with Gasteiger partial charge in [0.15, 0.2) is 0 Å². The monoisotopic (exact) mass is 268 g/mol. The summed E-state index contributed by atoms with van der Waals surface area (Å²) in [6.45, 7) is 2.01. The molecule has 0 amide bonds. The largest absolute Gasteiger partial charge is 0.492 e. The molecule has 1 unspecified atom stereocenters. The van der Waals surface area contributed by atoms with Gasteiger partial charge in [-0.05, 0) is 18.6 Å². The third-order valence-electron chi connectivity index (χ3n) is 2.73. The van der Waals surface area contributed by atoms with E-state index in [1.165, 1.54) is 12.1 Å². The number of hydrogen-bond acceptors (Lipinski definition) is 2. The van der Waals surface area contributed by atoms with Gasteiger partial charge in [-0.3, -0.25) is 0 Å². The summed E-state index contributed by atoms with van der Waals surface area (Å²) < 4.78 is 24.1. The van der Waals surface area contributed by atoms with Crippen molar-refractivity contribution in [2.24, 2.45) is 5.92 Å². The minimum Gasteiger partial charge on any atom is -0.492 e. The van der Waals surface area contributed by atoms with Crippen molar-refractivity contribution in [2.75, 3.05) is 25.7 Å². The summed E-state index contributed by atoms with van der Waals surface area (Å²) in [5.74, 6) is 6.36. The molecule has 1 aromatic rings. The van der Waals surface area contributed by atoms with Gasteiger partial charge in [0.25, 0.3) is 0 Å². The van der Waals surface area contributed by atoms with Crippen molar-refractivity contribution in [1.82, 2.24) is 0 Å². The molecule has 2 rings (SSSR count). The van der Waals surface area contributed by atoms with Crippen LogP contribution in [0.15, 0.2) is 18.2 Å². The number of benzene rings is 1. The Kier molecular flexibility index (Phi) is 4.86. The molecule has 1 saturated heterocycles. The van der Waals surface area contributed by atoms with Crippen LogP contribution in [0.4, 0.5) is 4.39 Å². The molecule has 0 aromatic heterocycles. The van der Waals surface area contributed by atoms with Gasteiger partial charge in [0.05, 0.1) is 24.7 Å². The van der Waals surface area contributed by atoms with Gasteiger partial charge in [0.1, 0.15) is 11.6 Å². The average Bonchev–Trinajstić information content (AvgIpc) is 2.88. The molecule has 1 atom stereocenters. The molecule has 0 saturated carbocycles. The van der Waals surface area contributed by atoms with Crippen molar-refractivity contribution < 1.29 is 13.9 Å². The normalized spacial score (nSPS) is 18.2. The topological polar surface area (TPSA) is 18.5 Å². The van der Waals surface area contributed by atoms with E-state index in [9.17, 15) is 4.39 Å². The SMILES string of the molecule is Fc1ccc(C#CCCl)c(OCC2CCOC2)c1. The predicted octanol–water partition coefficient (Wildman–Crippen LogP) is 2.83. The molecule has 18 heavy (non-hydrogen) atoms. The summed E-state index contributed by atoms with van der Waals surface area (Å²) in [5, 5.41) is 0. The Bertz CT molecular complexity index is 459. The molecule has 1 aromatic carbocycles. The van der Waals surface area contributed by atoms with E-state index in [1.807, 2.05) is 0 Å². The highest BCUT2D eigenvalue weighted by molar-refractivity contribution is 6.19. The summed E-state index contributed by atoms with van der Waals surface area (Å²) >= 11 is 5.51. The smallest absolute Gasteiger partial charge is 0.137 e. The lowest BCUT2D eigenvalue weighted by Crippen LogP contribution is -2.12. The number of alkyl halides is 1. The zero-order valence-electron chi connectivity index (χ0n) is 9.92. The van der Waals surface area contributed by atoms with E-state index >= 15 is 0 Å². The lowest BCUT2D eigenvalue weighted by Gasteiger charge is -2.11. The van der Waals surface area contributed by atoms with Gasteiger partial charge in [-0.2, -0.15) is 0 Å². The predicted molar refractivity (Wildman–Crippen MR) is 68.4 cm³/mol. The zero-order chi connectivity index (χ0) is 12.8. The van der Waals surface area contributed by atoms with E-state index < -0.39 is 0 Å². The lowest BCUT2D eigenvalue weighted by molar-refractivity contribution is 0.167. The summed E-state index contributed by atoms with van der Waals surface area (Å²) in [6.07, 6.45) is 0.984. The molecule has 1 aliphatic rings. The second kappa shape index (κ2) is 6.63. The van der Waals surface area contributed by atoms with Crippen molar-refractivity contribution in [3.05, 3.63) is 29.6 Å². The molecular weight excluding hydrogens is 255 g/mol. The maximum Gasteiger partial charge on any atom is 0.137 e. The van der Waals surface area contributed by atoms with E-state index in [2.05, 4.69) is 11.8 Å². The molecule has 0 aliphatic carbocycles. The Labute approximate surface area is 111 Å². The summed E-state index contributed by atoms with van der Waals surface area (Å²) in [7, 11) is 0. The summed E-state index contributed by atoms with van der Waals surface area (Å²) in [5.41, 5.74) is 0.663. The highest BCUT2D eigenvalue weighted by Crippen LogP contribution is 2.21. The van der Waals surface area contributed by atoms with Crippen LogP contribution in [-0.4, -0.2) is 25.7 Å². The van der Waals surface area contributed by atoms with Gasteiger partial charge in [0.2, 0.25) is 0 Å². The number of halogens is 2. The maximum absolute atomic E-state index is 13.2. The second-order valence-electron chi connectivity index (χ2n) is 4.12. The van der Waals surface area contributed by atoms with Crippen LogP contribution in [0.1, 0.15) is 12.0 Å². The highest BCUT2D eigenvalue weighted by Gasteiger charge is 2.16. The maximum atomic E-state index is 13.2. The van der Waals surface area contributed by atoms with Gasteiger partial charge >= 0.3 is 0 Å². The molecule has 1 heterocycles. The fourth-order valence-corrected chi connectivity index (χ4v) is 1.84. The van der Waals surface area contributed by atoms with Crippen LogP contribution in [0, 0.1) is 23.6 Å².